The van der Waals surface area contributed by atoms with Crippen molar-refractivity contribution >= 4 is 33.1 Å². The molecule has 7 heteroatoms. The molecule has 0 spiro atoms. The number of thiophene rings is 1. The lowest BCUT2D eigenvalue weighted by atomic mass is 10.2. The van der Waals surface area contributed by atoms with Crippen molar-refractivity contribution in [1.29, 1.82) is 0 Å². The van der Waals surface area contributed by atoms with Crippen molar-refractivity contribution in [2.24, 2.45) is 0 Å². The highest BCUT2D eigenvalue weighted by Gasteiger charge is 2.16. The second kappa shape index (κ2) is 6.76. The van der Waals surface area contributed by atoms with E-state index in [-0.39, 0.29) is 11.7 Å². The first kappa shape index (κ1) is 16.5. The highest BCUT2D eigenvalue weighted by Crippen LogP contribution is 2.25. The van der Waals surface area contributed by atoms with E-state index in [1.165, 1.54) is 12.1 Å². The number of rotatable bonds is 5. The summed E-state index contributed by atoms with van der Waals surface area (Å²) in [4.78, 5) is 12.7. The minimum Gasteiger partial charge on any atom is -0.336 e. The molecule has 1 amide bonds. The van der Waals surface area contributed by atoms with Gasteiger partial charge in [0.1, 0.15) is 11.5 Å². The monoisotopic (exact) mass is 368 g/mol. The summed E-state index contributed by atoms with van der Waals surface area (Å²) in [6.45, 7) is 3.26. The highest BCUT2D eigenvalue weighted by molar-refractivity contribution is 7.17. The molecule has 0 aliphatic heterocycles. The number of nitrogens with zero attached hydrogens (tertiary/aromatic N) is 3. The average molecular weight is 368 g/mol. The zero-order valence-corrected chi connectivity index (χ0v) is 15.0. The molecule has 0 aliphatic rings. The summed E-state index contributed by atoms with van der Waals surface area (Å²) in [6.07, 6.45) is 3.38. The van der Waals surface area contributed by atoms with E-state index in [9.17, 15) is 9.18 Å². The first-order chi connectivity index (χ1) is 12.6. The zero-order chi connectivity index (χ0) is 18.1. The molecule has 0 unspecified atom stereocenters. The fraction of sp³-hybridized carbons (Fsp3) is 0.158. The lowest BCUT2D eigenvalue weighted by Gasteiger charge is -2.07. The molecule has 26 heavy (non-hydrogen) atoms. The van der Waals surface area contributed by atoms with Crippen LogP contribution in [0.1, 0.15) is 23.0 Å². The maximum Gasteiger partial charge on any atom is 0.272 e. The molecule has 4 aromatic rings. The normalized spacial score (nSPS) is 11.2. The summed E-state index contributed by atoms with van der Waals surface area (Å²) >= 11 is 1.62. The Kier molecular flexibility index (Phi) is 4.30. The van der Waals surface area contributed by atoms with Crippen LogP contribution in [0, 0.1) is 5.82 Å². The van der Waals surface area contributed by atoms with E-state index in [2.05, 4.69) is 10.4 Å². The first-order valence-corrected chi connectivity index (χ1v) is 9.17. The first-order valence-electron chi connectivity index (χ1n) is 8.29. The molecule has 0 bridgehead atoms. The molecule has 1 N–H and O–H groups in total. The maximum absolute atomic E-state index is 13.0. The molecular formula is C19H17FN4OS. The fourth-order valence-corrected chi connectivity index (χ4v) is 3.81. The Hall–Kier alpha value is -2.93. The molecule has 1 aromatic carbocycles. The van der Waals surface area contributed by atoms with Gasteiger partial charge in [-0.2, -0.15) is 5.10 Å². The van der Waals surface area contributed by atoms with Gasteiger partial charge in [-0.25, -0.2) is 4.39 Å². The molecular weight excluding hydrogens is 351 g/mol. The van der Waals surface area contributed by atoms with Gasteiger partial charge in [0.05, 0.1) is 28.6 Å². The van der Waals surface area contributed by atoms with Gasteiger partial charge in [0.15, 0.2) is 0 Å². The Bertz CT molecular complexity index is 1060. The van der Waals surface area contributed by atoms with E-state index in [1.807, 2.05) is 29.0 Å². The largest absolute Gasteiger partial charge is 0.336 e. The number of aryl methyl sites for hydroxylation is 1. The van der Waals surface area contributed by atoms with Crippen LogP contribution in [0.15, 0.2) is 54.2 Å². The van der Waals surface area contributed by atoms with Gasteiger partial charge in [0.25, 0.3) is 5.91 Å². The number of aromatic nitrogens is 3. The Labute approximate surface area is 153 Å². The van der Waals surface area contributed by atoms with Crippen LogP contribution in [0.2, 0.25) is 0 Å². The second-order valence-corrected chi connectivity index (χ2v) is 6.90. The molecule has 132 valence electrons. The molecule has 0 atom stereocenters. The van der Waals surface area contributed by atoms with Crippen molar-refractivity contribution in [2.75, 3.05) is 5.32 Å². The third-order valence-corrected chi connectivity index (χ3v) is 5.07. The van der Waals surface area contributed by atoms with Crippen LogP contribution in [-0.4, -0.2) is 20.3 Å². The van der Waals surface area contributed by atoms with E-state index in [4.69, 9.17) is 0 Å². The Morgan fingerprint density at radius 2 is 2.08 bits per heavy atom. The van der Waals surface area contributed by atoms with Gasteiger partial charge >= 0.3 is 0 Å². The lowest BCUT2D eigenvalue weighted by molar-refractivity contribution is 0.101. The van der Waals surface area contributed by atoms with Crippen LogP contribution < -0.4 is 5.32 Å². The standard InChI is InChI=1S/C19H17FN4OS/c1-2-24-16-7-8-26-18(16)9-17(24)19(25)22-15-10-21-23(12-15)11-13-3-5-14(20)6-4-13/h3-10,12H,2,11H2,1H3,(H,22,25). The van der Waals surface area contributed by atoms with Crippen molar-refractivity contribution in [3.8, 4) is 0 Å². The van der Waals surface area contributed by atoms with Gasteiger partial charge in [-0.15, -0.1) is 11.3 Å². The third kappa shape index (κ3) is 3.13. The summed E-state index contributed by atoms with van der Waals surface area (Å²) in [5.74, 6) is -0.419. The van der Waals surface area contributed by atoms with Crippen molar-refractivity contribution in [1.82, 2.24) is 14.3 Å². The molecule has 3 heterocycles. The molecule has 3 aromatic heterocycles. The van der Waals surface area contributed by atoms with E-state index >= 15 is 0 Å². The van der Waals surface area contributed by atoms with Crippen molar-refractivity contribution in [3.05, 3.63) is 71.2 Å². The van der Waals surface area contributed by atoms with Gasteiger partial charge in [0.2, 0.25) is 0 Å². The van der Waals surface area contributed by atoms with Gasteiger partial charge < -0.3 is 9.88 Å². The second-order valence-electron chi connectivity index (χ2n) is 5.95. The highest BCUT2D eigenvalue weighted by atomic mass is 32.1. The van der Waals surface area contributed by atoms with Crippen LogP contribution >= 0.6 is 11.3 Å². The molecule has 0 radical (unpaired) electrons. The number of amides is 1. The maximum atomic E-state index is 13.0. The summed E-state index contributed by atoms with van der Waals surface area (Å²) in [5.41, 5.74) is 3.28. The predicted octanol–water partition coefficient (Wildman–Crippen LogP) is 4.36. The van der Waals surface area contributed by atoms with Gasteiger partial charge in [0, 0.05) is 12.7 Å². The van der Waals surface area contributed by atoms with Crippen LogP contribution in [-0.2, 0) is 13.1 Å². The van der Waals surface area contributed by atoms with Crippen LogP contribution in [0.5, 0.6) is 0 Å². The fourth-order valence-electron chi connectivity index (χ4n) is 2.99. The number of anilines is 1. The Morgan fingerprint density at radius 1 is 1.27 bits per heavy atom. The average Bonchev–Trinajstić information content (AvgIpc) is 3.32. The van der Waals surface area contributed by atoms with E-state index in [1.54, 1.807) is 40.5 Å². The number of carbonyl (C=O) groups excluding carboxylic acids is 1. The van der Waals surface area contributed by atoms with Crippen molar-refractivity contribution in [2.45, 2.75) is 20.0 Å². The Morgan fingerprint density at radius 3 is 2.85 bits per heavy atom. The topological polar surface area (TPSA) is 51.9 Å². The van der Waals surface area contributed by atoms with Crippen LogP contribution in [0.4, 0.5) is 10.1 Å². The van der Waals surface area contributed by atoms with Crippen LogP contribution in [0.25, 0.3) is 10.2 Å². The summed E-state index contributed by atoms with van der Waals surface area (Å²) in [7, 11) is 0. The third-order valence-electron chi connectivity index (χ3n) is 4.22. The number of hydrogen-bond donors (Lipinski definition) is 1. The molecule has 0 fully saturated rings. The number of benzene rings is 1. The number of carbonyl (C=O) groups is 1. The Balaban J connectivity index is 1.50. The SMILES string of the molecule is CCn1c(C(=O)Nc2cnn(Cc3ccc(F)cc3)c2)cc2sccc21. The smallest absolute Gasteiger partial charge is 0.272 e. The molecule has 0 saturated carbocycles. The number of nitrogens with one attached hydrogen (secondary N) is 1. The van der Waals surface area contributed by atoms with E-state index in [0.29, 0.717) is 17.9 Å². The minimum atomic E-state index is -0.263. The van der Waals surface area contributed by atoms with E-state index < -0.39 is 0 Å². The van der Waals surface area contributed by atoms with Gasteiger partial charge in [-0.05, 0) is 42.1 Å². The van der Waals surface area contributed by atoms with Crippen LogP contribution in [0.3, 0.4) is 0 Å². The number of fused-ring (bicyclic) bond motifs is 1. The van der Waals surface area contributed by atoms with Gasteiger partial charge in [-0.3, -0.25) is 9.48 Å². The molecule has 0 aliphatic carbocycles. The van der Waals surface area contributed by atoms with Crippen molar-refractivity contribution < 1.29 is 9.18 Å². The minimum absolute atomic E-state index is 0.156. The molecule has 5 nitrogen and oxygen atoms in total. The summed E-state index contributed by atoms with van der Waals surface area (Å²) in [6, 6.07) is 10.2. The summed E-state index contributed by atoms with van der Waals surface area (Å²) in [5, 5.41) is 9.19. The van der Waals surface area contributed by atoms with Crippen molar-refractivity contribution in [3.63, 3.8) is 0 Å². The van der Waals surface area contributed by atoms with Gasteiger partial charge in [-0.1, -0.05) is 12.1 Å². The summed E-state index contributed by atoms with van der Waals surface area (Å²) < 4.78 is 17.8. The number of hydrogen-bond acceptors (Lipinski definition) is 3. The zero-order valence-electron chi connectivity index (χ0n) is 14.1. The molecule has 4 rings (SSSR count). The van der Waals surface area contributed by atoms with E-state index in [0.717, 1.165) is 22.3 Å². The quantitative estimate of drug-likeness (QED) is 0.569. The lowest BCUT2D eigenvalue weighted by Crippen LogP contribution is -2.16. The molecule has 0 saturated heterocycles. The predicted molar refractivity (Wildman–Crippen MR) is 101 cm³/mol. The number of halogens is 1.